The number of nitriles is 1. The first-order valence-corrected chi connectivity index (χ1v) is 7.15. The van der Waals surface area contributed by atoms with Crippen LogP contribution in [-0.4, -0.2) is 11.6 Å². The quantitative estimate of drug-likeness (QED) is 0.721. The molecular weight excluding hydrogens is 268 g/mol. The highest BCUT2D eigenvalue weighted by molar-refractivity contribution is 7.21. The van der Waals surface area contributed by atoms with E-state index >= 15 is 0 Å². The van der Waals surface area contributed by atoms with E-state index in [1.165, 1.54) is 0 Å². The SMILES string of the molecule is CCOc1ccc2nc(-c3ccc(C#N)cc3)sc2c1. The van der Waals surface area contributed by atoms with Crippen molar-refractivity contribution in [3.8, 4) is 22.4 Å². The summed E-state index contributed by atoms with van der Waals surface area (Å²) in [5.41, 5.74) is 2.66. The summed E-state index contributed by atoms with van der Waals surface area (Å²) in [7, 11) is 0. The van der Waals surface area contributed by atoms with Crippen LogP contribution in [-0.2, 0) is 0 Å². The molecule has 98 valence electrons. The molecule has 2 aromatic carbocycles. The first-order valence-electron chi connectivity index (χ1n) is 6.34. The fourth-order valence-electron chi connectivity index (χ4n) is 1.97. The van der Waals surface area contributed by atoms with E-state index in [-0.39, 0.29) is 0 Å². The number of thiazole rings is 1. The molecule has 0 aliphatic carbocycles. The van der Waals surface area contributed by atoms with Gasteiger partial charge in [0, 0.05) is 5.56 Å². The molecule has 20 heavy (non-hydrogen) atoms. The Bertz CT molecular complexity index is 784. The van der Waals surface area contributed by atoms with E-state index in [2.05, 4.69) is 11.1 Å². The van der Waals surface area contributed by atoms with Crippen LogP contribution in [0, 0.1) is 11.3 Å². The van der Waals surface area contributed by atoms with Gasteiger partial charge < -0.3 is 4.74 Å². The second kappa shape index (κ2) is 5.32. The second-order valence-corrected chi connectivity index (χ2v) is 5.30. The van der Waals surface area contributed by atoms with Gasteiger partial charge in [0.2, 0.25) is 0 Å². The molecular formula is C16H12N2OS. The summed E-state index contributed by atoms with van der Waals surface area (Å²) in [4.78, 5) is 4.62. The first-order chi connectivity index (χ1) is 9.80. The van der Waals surface area contributed by atoms with Crippen LogP contribution in [0.25, 0.3) is 20.8 Å². The van der Waals surface area contributed by atoms with Crippen LogP contribution in [0.15, 0.2) is 42.5 Å². The van der Waals surface area contributed by atoms with Crippen LogP contribution in [0.4, 0.5) is 0 Å². The largest absolute Gasteiger partial charge is 0.494 e. The highest BCUT2D eigenvalue weighted by Gasteiger charge is 2.07. The maximum absolute atomic E-state index is 8.82. The number of hydrogen-bond acceptors (Lipinski definition) is 4. The third kappa shape index (κ3) is 2.36. The number of aromatic nitrogens is 1. The molecule has 0 amide bonds. The van der Waals surface area contributed by atoms with Gasteiger partial charge in [0.15, 0.2) is 0 Å². The summed E-state index contributed by atoms with van der Waals surface area (Å²) < 4.78 is 6.61. The number of fused-ring (bicyclic) bond motifs is 1. The molecule has 0 N–H and O–H groups in total. The minimum Gasteiger partial charge on any atom is -0.494 e. The van der Waals surface area contributed by atoms with Gasteiger partial charge >= 0.3 is 0 Å². The third-order valence-corrected chi connectivity index (χ3v) is 4.00. The molecule has 3 aromatic rings. The highest BCUT2D eigenvalue weighted by Crippen LogP contribution is 2.32. The van der Waals surface area contributed by atoms with Crippen molar-refractivity contribution in [2.24, 2.45) is 0 Å². The average molecular weight is 280 g/mol. The number of hydrogen-bond donors (Lipinski definition) is 0. The summed E-state index contributed by atoms with van der Waals surface area (Å²) in [6, 6.07) is 15.5. The van der Waals surface area contributed by atoms with E-state index in [0.29, 0.717) is 12.2 Å². The minimum absolute atomic E-state index is 0.660. The lowest BCUT2D eigenvalue weighted by molar-refractivity contribution is 0.341. The molecule has 0 aliphatic heterocycles. The zero-order valence-electron chi connectivity index (χ0n) is 11.0. The van der Waals surface area contributed by atoms with Gasteiger partial charge in [-0.15, -0.1) is 11.3 Å². The number of rotatable bonds is 3. The van der Waals surface area contributed by atoms with Crippen molar-refractivity contribution in [3.63, 3.8) is 0 Å². The highest BCUT2D eigenvalue weighted by atomic mass is 32.1. The van der Waals surface area contributed by atoms with Gasteiger partial charge in [-0.25, -0.2) is 4.98 Å². The Morgan fingerprint density at radius 3 is 2.70 bits per heavy atom. The number of nitrogens with zero attached hydrogens (tertiary/aromatic N) is 2. The lowest BCUT2D eigenvalue weighted by atomic mass is 10.1. The van der Waals surface area contributed by atoms with Crippen LogP contribution in [0.1, 0.15) is 12.5 Å². The summed E-state index contributed by atoms with van der Waals surface area (Å²) in [6.07, 6.45) is 0. The second-order valence-electron chi connectivity index (χ2n) is 4.27. The molecule has 0 aliphatic rings. The molecule has 4 heteroatoms. The Morgan fingerprint density at radius 1 is 1.20 bits per heavy atom. The van der Waals surface area contributed by atoms with Gasteiger partial charge in [0.1, 0.15) is 10.8 Å². The van der Waals surface area contributed by atoms with Crippen LogP contribution in [0.5, 0.6) is 5.75 Å². The van der Waals surface area contributed by atoms with E-state index in [1.54, 1.807) is 11.3 Å². The summed E-state index contributed by atoms with van der Waals surface area (Å²) in [5.74, 6) is 0.870. The zero-order valence-corrected chi connectivity index (χ0v) is 11.8. The molecule has 0 spiro atoms. The molecule has 1 aromatic heterocycles. The minimum atomic E-state index is 0.660. The normalized spacial score (nSPS) is 10.4. The molecule has 3 rings (SSSR count). The fraction of sp³-hybridized carbons (Fsp3) is 0.125. The van der Waals surface area contributed by atoms with Crippen molar-refractivity contribution in [2.45, 2.75) is 6.92 Å². The van der Waals surface area contributed by atoms with Gasteiger partial charge in [0.25, 0.3) is 0 Å². The molecule has 1 heterocycles. The Hall–Kier alpha value is -2.38. The van der Waals surface area contributed by atoms with Gasteiger partial charge in [0.05, 0.1) is 28.5 Å². The summed E-state index contributed by atoms with van der Waals surface area (Å²) in [6.45, 7) is 2.63. The van der Waals surface area contributed by atoms with Crippen LogP contribution < -0.4 is 4.74 Å². The molecule has 0 radical (unpaired) electrons. The van der Waals surface area contributed by atoms with Crippen molar-refractivity contribution in [1.82, 2.24) is 4.98 Å². The fourth-order valence-corrected chi connectivity index (χ4v) is 2.97. The lowest BCUT2D eigenvalue weighted by Gasteiger charge is -2.00. The van der Waals surface area contributed by atoms with E-state index in [4.69, 9.17) is 10.00 Å². The van der Waals surface area contributed by atoms with E-state index in [0.717, 1.165) is 26.5 Å². The van der Waals surface area contributed by atoms with Crippen molar-refractivity contribution in [3.05, 3.63) is 48.0 Å². The monoisotopic (exact) mass is 280 g/mol. The van der Waals surface area contributed by atoms with Crippen molar-refractivity contribution < 1.29 is 4.74 Å². The smallest absolute Gasteiger partial charge is 0.124 e. The third-order valence-electron chi connectivity index (χ3n) is 2.93. The maximum atomic E-state index is 8.82. The Labute approximate surface area is 121 Å². The van der Waals surface area contributed by atoms with Gasteiger partial charge in [-0.1, -0.05) is 12.1 Å². The van der Waals surface area contributed by atoms with E-state index in [9.17, 15) is 0 Å². The molecule has 0 saturated heterocycles. The van der Waals surface area contributed by atoms with Crippen molar-refractivity contribution in [2.75, 3.05) is 6.61 Å². The summed E-state index contributed by atoms with van der Waals surface area (Å²) >= 11 is 1.63. The summed E-state index contributed by atoms with van der Waals surface area (Å²) in [5, 5.41) is 9.77. The predicted octanol–water partition coefficient (Wildman–Crippen LogP) is 4.23. The lowest BCUT2D eigenvalue weighted by Crippen LogP contribution is -1.89. The molecule has 3 nitrogen and oxygen atoms in total. The van der Waals surface area contributed by atoms with Gasteiger partial charge in [-0.2, -0.15) is 5.26 Å². The van der Waals surface area contributed by atoms with Crippen molar-refractivity contribution >= 4 is 21.6 Å². The van der Waals surface area contributed by atoms with E-state index < -0.39 is 0 Å². The van der Waals surface area contributed by atoms with Gasteiger partial charge in [-0.3, -0.25) is 0 Å². The van der Waals surface area contributed by atoms with Crippen LogP contribution >= 0.6 is 11.3 Å². The predicted molar refractivity (Wildman–Crippen MR) is 80.9 cm³/mol. The number of benzene rings is 2. The van der Waals surface area contributed by atoms with Crippen LogP contribution in [0.3, 0.4) is 0 Å². The Balaban J connectivity index is 2.01. The number of ether oxygens (including phenoxy) is 1. The van der Waals surface area contributed by atoms with Crippen LogP contribution in [0.2, 0.25) is 0 Å². The molecule has 0 bridgehead atoms. The topological polar surface area (TPSA) is 45.9 Å². The average Bonchev–Trinajstić information content (AvgIpc) is 2.91. The molecule has 0 unspecified atom stereocenters. The zero-order chi connectivity index (χ0) is 13.9. The first kappa shape index (κ1) is 12.6. The standard InChI is InChI=1S/C16H12N2OS/c1-2-19-13-7-8-14-15(9-13)20-16(18-14)12-5-3-11(10-17)4-6-12/h3-9H,2H2,1H3. The molecule has 0 saturated carbocycles. The maximum Gasteiger partial charge on any atom is 0.124 e. The Morgan fingerprint density at radius 2 is 2.00 bits per heavy atom. The molecule has 0 fully saturated rings. The Kier molecular flexibility index (Phi) is 3.36. The van der Waals surface area contributed by atoms with Crippen molar-refractivity contribution in [1.29, 1.82) is 5.26 Å². The van der Waals surface area contributed by atoms with E-state index in [1.807, 2.05) is 49.4 Å². The molecule has 0 atom stereocenters. The van der Waals surface area contributed by atoms with Gasteiger partial charge in [-0.05, 0) is 37.3 Å².